The number of nitrogens with one attached hydrogen (secondary N) is 1. The lowest BCUT2D eigenvalue weighted by Gasteiger charge is -2.25. The number of aliphatic hydroxyl groups excluding tert-OH is 4. The number of carbonyl (C=O) groups is 2. The maximum absolute atomic E-state index is 10.8. The van der Waals surface area contributed by atoms with Crippen LogP contribution in [0.3, 0.4) is 0 Å². The summed E-state index contributed by atoms with van der Waals surface area (Å²) < 4.78 is 0. The van der Waals surface area contributed by atoms with Crippen molar-refractivity contribution in [1.82, 2.24) is 5.32 Å². The van der Waals surface area contributed by atoms with Crippen LogP contribution in [0.2, 0.25) is 0 Å². The quantitative estimate of drug-likeness (QED) is 0.243. The number of amides is 1. The van der Waals surface area contributed by atoms with Gasteiger partial charge in [-0.25, -0.2) is 0 Å². The molecule has 0 unspecified atom stereocenters. The number of carbonyl (C=O) groups excluding carboxylic acids is 2. The van der Waals surface area contributed by atoms with Crippen LogP contribution < -0.4 is 5.32 Å². The van der Waals surface area contributed by atoms with Gasteiger partial charge >= 0.3 is 0 Å². The third-order valence-electron chi connectivity index (χ3n) is 1.89. The highest BCUT2D eigenvalue weighted by Crippen LogP contribution is 2.03. The van der Waals surface area contributed by atoms with Gasteiger partial charge in [-0.2, -0.15) is 0 Å². The lowest BCUT2D eigenvalue weighted by molar-refractivity contribution is -0.129. The van der Waals surface area contributed by atoms with Crippen LogP contribution in [0.15, 0.2) is 0 Å². The second-order valence-corrected chi connectivity index (χ2v) is 3.36. The van der Waals surface area contributed by atoms with E-state index in [2.05, 4.69) is 0 Å². The third-order valence-corrected chi connectivity index (χ3v) is 2.14. The molecule has 0 aliphatic carbocycles. The van der Waals surface area contributed by atoms with Gasteiger partial charge in [-0.1, -0.05) is 0 Å². The Morgan fingerprint density at radius 3 is 2.25 bits per heavy atom. The van der Waals surface area contributed by atoms with E-state index in [0.717, 1.165) is 0 Å². The summed E-state index contributed by atoms with van der Waals surface area (Å²) in [5, 5.41) is 38.3. The van der Waals surface area contributed by atoms with Crippen molar-refractivity contribution in [2.24, 2.45) is 0 Å². The Balaban J connectivity index is 4.45. The number of aliphatic hydroxyl groups is 4. The Morgan fingerprint density at radius 2 is 1.88 bits per heavy atom. The summed E-state index contributed by atoms with van der Waals surface area (Å²) in [6.07, 6.45) is -4.89. The van der Waals surface area contributed by atoms with Crippen molar-refractivity contribution in [1.29, 1.82) is 0 Å². The zero-order chi connectivity index (χ0) is 12.7. The van der Waals surface area contributed by atoms with Gasteiger partial charge in [-0.15, -0.1) is 11.6 Å². The van der Waals surface area contributed by atoms with Gasteiger partial charge in [0.05, 0.1) is 6.61 Å². The average molecular weight is 256 g/mol. The summed E-state index contributed by atoms with van der Waals surface area (Å²) in [4.78, 5) is 21.4. The van der Waals surface area contributed by atoms with Gasteiger partial charge in [0, 0.05) is 0 Å². The van der Waals surface area contributed by atoms with E-state index in [-0.39, 0.29) is 6.29 Å². The minimum absolute atomic E-state index is 0.197. The number of hydrogen-bond acceptors (Lipinski definition) is 6. The van der Waals surface area contributed by atoms with Crippen LogP contribution in [-0.2, 0) is 9.59 Å². The van der Waals surface area contributed by atoms with Crippen molar-refractivity contribution in [2.45, 2.75) is 24.4 Å². The average Bonchev–Trinajstić information content (AvgIpc) is 2.32. The summed E-state index contributed by atoms with van der Waals surface area (Å²) in [7, 11) is 0. The first-order chi connectivity index (χ1) is 7.47. The van der Waals surface area contributed by atoms with Crippen LogP contribution in [0.1, 0.15) is 0 Å². The molecule has 0 aromatic carbocycles. The molecule has 0 aliphatic heterocycles. The minimum atomic E-state index is -1.75. The number of alkyl halides is 1. The molecule has 0 saturated carbocycles. The normalized spacial score (nSPS) is 18.3. The first-order valence-corrected chi connectivity index (χ1v) is 4.97. The summed E-state index contributed by atoms with van der Waals surface area (Å²) in [6, 6.07) is -1.40. The highest BCUT2D eigenvalue weighted by atomic mass is 35.5. The van der Waals surface area contributed by atoms with Gasteiger partial charge < -0.3 is 30.5 Å². The fourth-order valence-electron chi connectivity index (χ4n) is 0.972. The summed E-state index contributed by atoms with van der Waals surface area (Å²) in [5.41, 5.74) is 0. The molecule has 0 radical (unpaired) electrons. The molecule has 5 N–H and O–H groups in total. The van der Waals surface area contributed by atoms with E-state index in [1.165, 1.54) is 0 Å². The smallest absolute Gasteiger partial charge is 0.235 e. The number of hydrogen-bond donors (Lipinski definition) is 5. The van der Waals surface area contributed by atoms with E-state index in [9.17, 15) is 19.8 Å². The highest BCUT2D eigenvalue weighted by molar-refractivity contribution is 6.27. The van der Waals surface area contributed by atoms with Crippen LogP contribution in [0.4, 0.5) is 0 Å². The molecule has 4 atom stereocenters. The van der Waals surface area contributed by atoms with Gasteiger partial charge in [0.15, 0.2) is 0 Å². The molecule has 0 heterocycles. The van der Waals surface area contributed by atoms with E-state index in [1.807, 2.05) is 5.32 Å². The van der Waals surface area contributed by atoms with Gasteiger partial charge in [0.1, 0.15) is 36.5 Å². The van der Waals surface area contributed by atoms with Gasteiger partial charge in [0.25, 0.3) is 0 Å². The molecule has 1 amide bonds. The molecule has 0 saturated heterocycles. The van der Waals surface area contributed by atoms with E-state index in [1.54, 1.807) is 0 Å². The van der Waals surface area contributed by atoms with Crippen molar-refractivity contribution in [3.8, 4) is 0 Å². The van der Waals surface area contributed by atoms with Crippen LogP contribution >= 0.6 is 11.6 Å². The molecule has 0 aromatic heterocycles. The summed E-state index contributed by atoms with van der Waals surface area (Å²) in [5.74, 6) is -1.11. The first-order valence-electron chi connectivity index (χ1n) is 4.43. The Morgan fingerprint density at radius 1 is 1.31 bits per heavy atom. The monoisotopic (exact) mass is 255 g/mol. The van der Waals surface area contributed by atoms with Gasteiger partial charge in [-0.3, -0.25) is 4.79 Å². The van der Waals surface area contributed by atoms with Crippen molar-refractivity contribution in [2.75, 3.05) is 12.5 Å². The molecule has 16 heavy (non-hydrogen) atoms. The van der Waals surface area contributed by atoms with Crippen molar-refractivity contribution in [3.63, 3.8) is 0 Å². The number of halogens is 1. The molecule has 0 spiro atoms. The Hall–Kier alpha value is -0.730. The first kappa shape index (κ1) is 15.3. The van der Waals surface area contributed by atoms with E-state index in [0.29, 0.717) is 0 Å². The molecular weight excluding hydrogens is 242 g/mol. The lowest BCUT2D eigenvalue weighted by Crippen LogP contribution is -2.53. The topological polar surface area (TPSA) is 127 Å². The Bertz CT molecular complexity index is 239. The molecular formula is C8H14ClNO6. The maximum atomic E-state index is 10.8. The predicted octanol–water partition coefficient (Wildman–Crippen LogP) is -3.02. The largest absolute Gasteiger partial charge is 0.394 e. The van der Waals surface area contributed by atoms with Crippen LogP contribution in [0, 0.1) is 0 Å². The highest BCUT2D eigenvalue weighted by Gasteiger charge is 2.31. The van der Waals surface area contributed by atoms with E-state index in [4.69, 9.17) is 21.8 Å². The molecule has 0 fully saturated rings. The minimum Gasteiger partial charge on any atom is -0.394 e. The van der Waals surface area contributed by atoms with Crippen LogP contribution in [-0.4, -0.2) is 69.5 Å². The zero-order valence-corrected chi connectivity index (χ0v) is 9.04. The molecule has 0 aliphatic rings. The predicted molar refractivity (Wildman–Crippen MR) is 53.8 cm³/mol. The second-order valence-electron chi connectivity index (χ2n) is 3.09. The van der Waals surface area contributed by atoms with Gasteiger partial charge in [-0.05, 0) is 0 Å². The molecule has 0 aromatic rings. The third kappa shape index (κ3) is 4.42. The van der Waals surface area contributed by atoms with Crippen molar-refractivity contribution >= 4 is 23.8 Å². The number of aldehydes is 1. The second kappa shape index (κ2) is 7.53. The van der Waals surface area contributed by atoms with Crippen LogP contribution in [0.5, 0.6) is 0 Å². The molecule has 94 valence electrons. The molecule has 7 nitrogen and oxygen atoms in total. The Kier molecular flexibility index (Phi) is 7.18. The Labute approximate surface area is 96.6 Å². The van der Waals surface area contributed by atoms with Crippen LogP contribution in [0.25, 0.3) is 0 Å². The van der Waals surface area contributed by atoms with E-state index >= 15 is 0 Å². The summed E-state index contributed by atoms with van der Waals surface area (Å²) >= 11 is 5.17. The van der Waals surface area contributed by atoms with Gasteiger partial charge in [0.2, 0.25) is 5.91 Å². The maximum Gasteiger partial charge on any atom is 0.235 e. The lowest BCUT2D eigenvalue weighted by atomic mass is 10.0. The zero-order valence-electron chi connectivity index (χ0n) is 8.28. The summed E-state index contributed by atoms with van der Waals surface area (Å²) in [6.45, 7) is -0.784. The SMILES string of the molecule is O=C[C@H](NC(=O)CCl)[C@@H](O)[C@@H](O)[C@H](O)CO. The van der Waals surface area contributed by atoms with Crippen molar-refractivity contribution < 1.29 is 30.0 Å². The molecule has 0 bridgehead atoms. The number of rotatable bonds is 7. The fraction of sp³-hybridized carbons (Fsp3) is 0.750. The molecule has 8 heteroatoms. The molecule has 0 rings (SSSR count). The standard InChI is InChI=1S/C8H14ClNO6/c9-1-6(14)10-4(2-11)7(15)8(16)5(13)3-12/h2,4-5,7-8,12-13,15-16H,1,3H2,(H,10,14)/t4-,5+,7+,8-/m0/s1. The van der Waals surface area contributed by atoms with E-state index < -0.39 is 42.7 Å². The fourth-order valence-corrected chi connectivity index (χ4v) is 1.05. The van der Waals surface area contributed by atoms with Crippen molar-refractivity contribution in [3.05, 3.63) is 0 Å².